The van der Waals surface area contributed by atoms with Gasteiger partial charge in [0.15, 0.2) is 0 Å². The van der Waals surface area contributed by atoms with Gasteiger partial charge in [0, 0.05) is 17.6 Å². The second-order valence-corrected chi connectivity index (χ2v) is 6.32. The lowest BCUT2D eigenvalue weighted by atomic mass is 9.86. The molecule has 100 valence electrons. The Morgan fingerprint density at radius 2 is 1.94 bits per heavy atom. The fraction of sp³-hybridized carbons (Fsp3) is 0.600. The van der Waals surface area contributed by atoms with Crippen LogP contribution < -0.4 is 4.90 Å². The lowest BCUT2D eigenvalue weighted by Crippen LogP contribution is -2.35. The van der Waals surface area contributed by atoms with Gasteiger partial charge in [-0.3, -0.25) is 0 Å². The van der Waals surface area contributed by atoms with Crippen molar-refractivity contribution in [2.45, 2.75) is 45.3 Å². The minimum atomic E-state index is 0.101. The molecule has 1 aromatic carbocycles. The molecule has 1 saturated carbocycles. The zero-order valence-electron chi connectivity index (χ0n) is 11.2. The van der Waals surface area contributed by atoms with Crippen molar-refractivity contribution in [3.63, 3.8) is 0 Å². The summed E-state index contributed by atoms with van der Waals surface area (Å²) in [6.45, 7) is 2.45. The highest BCUT2D eigenvalue weighted by atomic mass is 79.9. The van der Waals surface area contributed by atoms with Gasteiger partial charge in [0.05, 0.1) is 12.3 Å². The summed E-state index contributed by atoms with van der Waals surface area (Å²) in [5.41, 5.74) is 2.18. The Kier molecular flexibility index (Phi) is 4.68. The third-order valence-electron chi connectivity index (χ3n) is 4.11. The molecule has 3 heteroatoms. The van der Waals surface area contributed by atoms with E-state index in [4.69, 9.17) is 5.11 Å². The molecular weight excluding hydrogens is 290 g/mol. The van der Waals surface area contributed by atoms with Crippen molar-refractivity contribution < 1.29 is 5.11 Å². The maximum absolute atomic E-state index is 9.13. The Balaban J connectivity index is 2.11. The molecule has 1 aliphatic rings. The van der Waals surface area contributed by atoms with Crippen LogP contribution in [-0.4, -0.2) is 18.2 Å². The van der Waals surface area contributed by atoms with Gasteiger partial charge >= 0.3 is 0 Å². The van der Waals surface area contributed by atoms with Crippen LogP contribution in [-0.2, 0) is 6.61 Å². The third kappa shape index (κ3) is 3.07. The standard InChI is InChI=1S/C15H22BrNO/c1-11-3-6-13(7-4-11)17(2)15-8-5-12(10-18)9-14(15)16/h5,8-9,11,13,18H,3-4,6-7,10H2,1-2H3. The average molecular weight is 312 g/mol. The molecule has 0 saturated heterocycles. The van der Waals surface area contributed by atoms with Crippen LogP contribution >= 0.6 is 15.9 Å². The number of halogens is 1. The lowest BCUT2D eigenvalue weighted by molar-refractivity contribution is 0.282. The molecule has 0 spiro atoms. The molecule has 0 aromatic heterocycles. The molecule has 0 radical (unpaired) electrons. The Morgan fingerprint density at radius 1 is 1.28 bits per heavy atom. The van der Waals surface area contributed by atoms with E-state index in [0.717, 1.165) is 16.0 Å². The topological polar surface area (TPSA) is 23.5 Å². The second-order valence-electron chi connectivity index (χ2n) is 5.47. The summed E-state index contributed by atoms with van der Waals surface area (Å²) in [4.78, 5) is 2.39. The van der Waals surface area contributed by atoms with Gasteiger partial charge in [-0.1, -0.05) is 13.0 Å². The van der Waals surface area contributed by atoms with Gasteiger partial charge in [0.25, 0.3) is 0 Å². The van der Waals surface area contributed by atoms with Crippen LogP contribution in [0.1, 0.15) is 38.2 Å². The summed E-state index contributed by atoms with van der Waals surface area (Å²) in [7, 11) is 2.18. The summed E-state index contributed by atoms with van der Waals surface area (Å²) in [5.74, 6) is 0.884. The Bertz CT molecular complexity index is 399. The van der Waals surface area contributed by atoms with Crippen molar-refractivity contribution in [2.75, 3.05) is 11.9 Å². The number of anilines is 1. The molecule has 0 heterocycles. The zero-order chi connectivity index (χ0) is 13.1. The van der Waals surface area contributed by atoms with Crippen LogP contribution in [0.15, 0.2) is 22.7 Å². The Labute approximate surface area is 118 Å². The summed E-state index contributed by atoms with van der Waals surface area (Å²) in [5, 5.41) is 9.13. The monoisotopic (exact) mass is 311 g/mol. The fourth-order valence-corrected chi connectivity index (χ4v) is 3.47. The normalized spacial score (nSPS) is 24.0. The molecule has 1 aliphatic carbocycles. The SMILES string of the molecule is CC1CCC(N(C)c2ccc(CO)cc2Br)CC1. The number of nitrogens with zero attached hydrogens (tertiary/aromatic N) is 1. The number of aliphatic hydroxyl groups excluding tert-OH is 1. The van der Waals surface area contributed by atoms with Crippen LogP contribution in [0.4, 0.5) is 5.69 Å². The first-order valence-corrected chi connectivity index (χ1v) is 7.53. The van der Waals surface area contributed by atoms with Gasteiger partial charge in [0.1, 0.15) is 0 Å². The van der Waals surface area contributed by atoms with E-state index in [-0.39, 0.29) is 6.61 Å². The predicted octanol–water partition coefficient (Wildman–Crippen LogP) is 3.96. The first kappa shape index (κ1) is 13.9. The molecule has 1 aromatic rings. The largest absolute Gasteiger partial charge is 0.392 e. The van der Waals surface area contributed by atoms with Gasteiger partial charge in [-0.15, -0.1) is 0 Å². The Morgan fingerprint density at radius 3 is 2.50 bits per heavy atom. The number of hydrogen-bond acceptors (Lipinski definition) is 2. The molecule has 2 rings (SSSR count). The van der Waals surface area contributed by atoms with Crippen molar-refractivity contribution >= 4 is 21.6 Å². The van der Waals surface area contributed by atoms with Crippen molar-refractivity contribution in [3.05, 3.63) is 28.2 Å². The van der Waals surface area contributed by atoms with Crippen molar-refractivity contribution in [2.24, 2.45) is 5.92 Å². The fourth-order valence-electron chi connectivity index (χ4n) is 2.76. The van der Waals surface area contributed by atoms with Crippen LogP contribution in [0.5, 0.6) is 0 Å². The highest BCUT2D eigenvalue weighted by molar-refractivity contribution is 9.10. The van der Waals surface area contributed by atoms with Crippen LogP contribution in [0.3, 0.4) is 0 Å². The van der Waals surface area contributed by atoms with Gasteiger partial charge < -0.3 is 10.0 Å². The first-order valence-electron chi connectivity index (χ1n) is 6.74. The molecule has 0 aliphatic heterocycles. The van der Waals surface area contributed by atoms with Gasteiger partial charge in [-0.05, 0) is 65.2 Å². The number of benzene rings is 1. The smallest absolute Gasteiger partial charge is 0.0682 e. The molecule has 1 N–H and O–H groups in total. The third-order valence-corrected chi connectivity index (χ3v) is 4.74. The molecule has 0 amide bonds. The summed E-state index contributed by atoms with van der Waals surface area (Å²) in [6, 6.07) is 6.77. The van der Waals surface area contributed by atoms with Crippen LogP contribution in [0.25, 0.3) is 0 Å². The second kappa shape index (κ2) is 6.07. The van der Waals surface area contributed by atoms with E-state index in [2.05, 4.69) is 40.9 Å². The number of aliphatic hydroxyl groups is 1. The molecule has 1 fully saturated rings. The molecule has 0 unspecified atom stereocenters. The highest BCUT2D eigenvalue weighted by Gasteiger charge is 2.22. The molecule has 2 nitrogen and oxygen atoms in total. The van der Waals surface area contributed by atoms with Crippen molar-refractivity contribution in [1.29, 1.82) is 0 Å². The minimum absolute atomic E-state index is 0.101. The van der Waals surface area contributed by atoms with Gasteiger partial charge in [-0.2, -0.15) is 0 Å². The average Bonchev–Trinajstić information content (AvgIpc) is 2.38. The maximum atomic E-state index is 9.13. The molecule has 0 atom stereocenters. The van der Waals surface area contributed by atoms with E-state index in [1.54, 1.807) is 0 Å². The number of hydrogen-bond donors (Lipinski definition) is 1. The van der Waals surface area contributed by atoms with E-state index in [1.807, 2.05) is 12.1 Å². The molecule has 18 heavy (non-hydrogen) atoms. The predicted molar refractivity (Wildman–Crippen MR) is 79.9 cm³/mol. The minimum Gasteiger partial charge on any atom is -0.392 e. The van der Waals surface area contributed by atoms with Crippen LogP contribution in [0.2, 0.25) is 0 Å². The van der Waals surface area contributed by atoms with E-state index >= 15 is 0 Å². The Hall–Kier alpha value is -0.540. The quantitative estimate of drug-likeness (QED) is 0.913. The van der Waals surface area contributed by atoms with E-state index in [1.165, 1.54) is 31.4 Å². The van der Waals surface area contributed by atoms with Crippen LogP contribution in [0, 0.1) is 5.92 Å². The van der Waals surface area contributed by atoms with E-state index in [0.29, 0.717) is 6.04 Å². The summed E-state index contributed by atoms with van der Waals surface area (Å²) in [6.07, 6.45) is 5.24. The lowest BCUT2D eigenvalue weighted by Gasteiger charge is -2.35. The first-order chi connectivity index (χ1) is 8.61. The van der Waals surface area contributed by atoms with Crippen molar-refractivity contribution in [1.82, 2.24) is 0 Å². The van der Waals surface area contributed by atoms with E-state index in [9.17, 15) is 0 Å². The summed E-state index contributed by atoms with van der Waals surface area (Å²) < 4.78 is 1.08. The molecule has 0 bridgehead atoms. The van der Waals surface area contributed by atoms with Gasteiger partial charge in [-0.25, -0.2) is 0 Å². The number of rotatable bonds is 3. The zero-order valence-corrected chi connectivity index (χ0v) is 12.8. The highest BCUT2D eigenvalue weighted by Crippen LogP contribution is 2.33. The van der Waals surface area contributed by atoms with E-state index < -0.39 is 0 Å². The summed E-state index contributed by atoms with van der Waals surface area (Å²) >= 11 is 3.61. The maximum Gasteiger partial charge on any atom is 0.0682 e. The molecular formula is C15H22BrNO. The van der Waals surface area contributed by atoms with Gasteiger partial charge in [0.2, 0.25) is 0 Å². The van der Waals surface area contributed by atoms with Crippen molar-refractivity contribution in [3.8, 4) is 0 Å².